The molecule has 1 N–H and O–H groups in total. The van der Waals surface area contributed by atoms with E-state index in [0.29, 0.717) is 12.1 Å². The van der Waals surface area contributed by atoms with E-state index in [-0.39, 0.29) is 5.75 Å². The number of halogens is 3. The highest BCUT2D eigenvalue weighted by Crippen LogP contribution is 2.26. The Bertz CT molecular complexity index is 369. The SMILES string of the molecule is CCCNCc1ccncc1OC(C)C(F)(F)F. The van der Waals surface area contributed by atoms with Gasteiger partial charge in [-0.1, -0.05) is 6.92 Å². The lowest BCUT2D eigenvalue weighted by Crippen LogP contribution is -2.31. The van der Waals surface area contributed by atoms with Crippen LogP contribution in [0, 0.1) is 0 Å². The van der Waals surface area contributed by atoms with Crippen molar-refractivity contribution in [3.8, 4) is 5.75 Å². The van der Waals surface area contributed by atoms with Gasteiger partial charge in [-0.15, -0.1) is 0 Å². The third-order valence-electron chi connectivity index (χ3n) is 2.38. The number of ether oxygens (including phenoxy) is 1. The highest BCUT2D eigenvalue weighted by atomic mass is 19.4. The number of nitrogens with zero attached hydrogens (tertiary/aromatic N) is 1. The monoisotopic (exact) mass is 262 g/mol. The first kappa shape index (κ1) is 14.8. The smallest absolute Gasteiger partial charge is 0.425 e. The Labute approximate surface area is 104 Å². The molecule has 0 aliphatic rings. The van der Waals surface area contributed by atoms with Gasteiger partial charge in [0, 0.05) is 18.3 Å². The molecule has 1 rings (SSSR count). The first-order chi connectivity index (χ1) is 8.45. The van der Waals surface area contributed by atoms with Crippen LogP contribution in [0.25, 0.3) is 0 Å². The topological polar surface area (TPSA) is 34.2 Å². The molecule has 1 heterocycles. The van der Waals surface area contributed by atoms with Gasteiger partial charge in [-0.2, -0.15) is 13.2 Å². The molecule has 0 spiro atoms. The minimum Gasteiger partial charge on any atom is -0.479 e. The molecule has 0 fully saturated rings. The Hall–Kier alpha value is -1.30. The van der Waals surface area contributed by atoms with Gasteiger partial charge in [-0.25, -0.2) is 0 Å². The zero-order chi connectivity index (χ0) is 13.6. The van der Waals surface area contributed by atoms with Crippen molar-refractivity contribution < 1.29 is 17.9 Å². The van der Waals surface area contributed by atoms with E-state index in [4.69, 9.17) is 4.74 Å². The predicted molar refractivity (Wildman–Crippen MR) is 62.4 cm³/mol. The first-order valence-electron chi connectivity index (χ1n) is 5.82. The summed E-state index contributed by atoms with van der Waals surface area (Å²) >= 11 is 0. The summed E-state index contributed by atoms with van der Waals surface area (Å²) in [4.78, 5) is 3.79. The van der Waals surface area contributed by atoms with E-state index in [9.17, 15) is 13.2 Å². The maximum absolute atomic E-state index is 12.4. The van der Waals surface area contributed by atoms with Crippen molar-refractivity contribution in [2.24, 2.45) is 0 Å². The average molecular weight is 262 g/mol. The molecule has 1 unspecified atom stereocenters. The molecule has 0 saturated heterocycles. The Morgan fingerprint density at radius 1 is 1.44 bits per heavy atom. The van der Waals surface area contributed by atoms with Gasteiger partial charge in [0.2, 0.25) is 0 Å². The molecule has 1 aromatic heterocycles. The number of rotatable bonds is 6. The normalized spacial score (nSPS) is 13.4. The lowest BCUT2D eigenvalue weighted by molar-refractivity contribution is -0.189. The van der Waals surface area contributed by atoms with Gasteiger partial charge in [0.25, 0.3) is 0 Å². The second kappa shape index (κ2) is 6.58. The van der Waals surface area contributed by atoms with Gasteiger partial charge in [-0.3, -0.25) is 4.98 Å². The van der Waals surface area contributed by atoms with E-state index >= 15 is 0 Å². The van der Waals surface area contributed by atoms with Gasteiger partial charge in [-0.05, 0) is 26.0 Å². The number of alkyl halides is 3. The molecule has 0 aliphatic heterocycles. The fourth-order valence-corrected chi connectivity index (χ4v) is 1.32. The lowest BCUT2D eigenvalue weighted by Gasteiger charge is -2.19. The molecule has 1 atom stereocenters. The standard InChI is InChI=1S/C12H17F3N2O/c1-3-5-16-7-10-4-6-17-8-11(10)18-9(2)12(13,14)15/h4,6,8-9,16H,3,5,7H2,1-2H3. The summed E-state index contributed by atoms with van der Waals surface area (Å²) in [6.45, 7) is 4.27. The molecular weight excluding hydrogens is 245 g/mol. The van der Waals surface area contributed by atoms with Crippen LogP contribution in [-0.4, -0.2) is 23.8 Å². The molecule has 3 nitrogen and oxygen atoms in total. The summed E-state index contributed by atoms with van der Waals surface area (Å²) in [6.07, 6.45) is -2.41. The number of nitrogens with one attached hydrogen (secondary N) is 1. The van der Waals surface area contributed by atoms with Crippen LogP contribution in [0.5, 0.6) is 5.75 Å². The molecular formula is C12H17F3N2O. The molecule has 0 aliphatic carbocycles. The molecule has 1 aromatic rings. The zero-order valence-corrected chi connectivity index (χ0v) is 10.4. The van der Waals surface area contributed by atoms with Crippen LogP contribution in [0.1, 0.15) is 25.8 Å². The van der Waals surface area contributed by atoms with Crippen LogP contribution in [0.3, 0.4) is 0 Å². The Morgan fingerprint density at radius 3 is 2.78 bits per heavy atom. The summed E-state index contributed by atoms with van der Waals surface area (Å²) in [5.74, 6) is 0.172. The van der Waals surface area contributed by atoms with Crippen LogP contribution in [0.4, 0.5) is 13.2 Å². The van der Waals surface area contributed by atoms with Crippen molar-refractivity contribution in [3.63, 3.8) is 0 Å². The van der Waals surface area contributed by atoms with E-state index in [1.54, 1.807) is 6.07 Å². The fourth-order valence-electron chi connectivity index (χ4n) is 1.32. The van der Waals surface area contributed by atoms with Crippen LogP contribution >= 0.6 is 0 Å². The molecule has 0 radical (unpaired) electrons. The first-order valence-corrected chi connectivity index (χ1v) is 5.82. The third kappa shape index (κ3) is 4.52. The van der Waals surface area contributed by atoms with Crippen molar-refractivity contribution in [1.82, 2.24) is 10.3 Å². The highest BCUT2D eigenvalue weighted by Gasteiger charge is 2.38. The minimum absolute atomic E-state index is 0.172. The average Bonchev–Trinajstić information content (AvgIpc) is 2.30. The van der Waals surface area contributed by atoms with E-state index < -0.39 is 12.3 Å². The summed E-state index contributed by atoms with van der Waals surface area (Å²) in [5, 5.41) is 3.11. The fraction of sp³-hybridized carbons (Fsp3) is 0.583. The number of hydrogen-bond donors (Lipinski definition) is 1. The van der Waals surface area contributed by atoms with Crippen LogP contribution in [0.2, 0.25) is 0 Å². The molecule has 0 saturated carbocycles. The van der Waals surface area contributed by atoms with E-state index in [1.807, 2.05) is 6.92 Å². The summed E-state index contributed by atoms with van der Waals surface area (Å²) in [7, 11) is 0. The second-order valence-electron chi connectivity index (χ2n) is 3.96. The summed E-state index contributed by atoms with van der Waals surface area (Å²) in [6, 6.07) is 1.65. The predicted octanol–water partition coefficient (Wildman–Crippen LogP) is 2.91. The van der Waals surface area contributed by atoms with Gasteiger partial charge in [0.1, 0.15) is 5.75 Å². The van der Waals surface area contributed by atoms with Crippen LogP contribution in [0.15, 0.2) is 18.5 Å². The van der Waals surface area contributed by atoms with Crippen molar-refractivity contribution in [2.75, 3.05) is 6.54 Å². The minimum atomic E-state index is -4.37. The largest absolute Gasteiger partial charge is 0.479 e. The molecule has 0 amide bonds. The van der Waals surface area contributed by atoms with Gasteiger partial charge in [0.15, 0.2) is 6.10 Å². The van der Waals surface area contributed by atoms with Gasteiger partial charge in [0.05, 0.1) is 6.20 Å². The third-order valence-corrected chi connectivity index (χ3v) is 2.38. The van der Waals surface area contributed by atoms with Crippen LogP contribution in [-0.2, 0) is 6.54 Å². The van der Waals surface area contributed by atoms with Gasteiger partial charge >= 0.3 is 6.18 Å². The summed E-state index contributed by atoms with van der Waals surface area (Å²) < 4.78 is 42.1. The molecule has 0 bridgehead atoms. The van der Waals surface area contributed by atoms with Crippen molar-refractivity contribution >= 4 is 0 Å². The maximum atomic E-state index is 12.4. The molecule has 102 valence electrons. The molecule has 0 aromatic carbocycles. The number of pyridine rings is 1. The molecule has 18 heavy (non-hydrogen) atoms. The second-order valence-corrected chi connectivity index (χ2v) is 3.96. The highest BCUT2D eigenvalue weighted by molar-refractivity contribution is 5.29. The maximum Gasteiger partial charge on any atom is 0.425 e. The van der Waals surface area contributed by atoms with E-state index in [2.05, 4.69) is 10.3 Å². The summed E-state index contributed by atoms with van der Waals surface area (Å²) in [5.41, 5.74) is 0.676. The van der Waals surface area contributed by atoms with Crippen molar-refractivity contribution in [1.29, 1.82) is 0 Å². The number of aromatic nitrogens is 1. The Morgan fingerprint density at radius 2 is 2.17 bits per heavy atom. The quantitative estimate of drug-likeness (QED) is 0.800. The van der Waals surface area contributed by atoms with Gasteiger partial charge < -0.3 is 10.1 Å². The lowest BCUT2D eigenvalue weighted by atomic mass is 10.2. The Balaban J connectivity index is 2.70. The number of hydrogen-bond acceptors (Lipinski definition) is 3. The Kier molecular flexibility index (Phi) is 5.40. The molecule has 6 heteroatoms. The van der Waals surface area contributed by atoms with E-state index in [0.717, 1.165) is 19.9 Å². The van der Waals surface area contributed by atoms with E-state index in [1.165, 1.54) is 12.4 Å². The van der Waals surface area contributed by atoms with Crippen molar-refractivity contribution in [2.45, 2.75) is 39.1 Å². The zero-order valence-electron chi connectivity index (χ0n) is 10.4. The van der Waals surface area contributed by atoms with Crippen molar-refractivity contribution in [3.05, 3.63) is 24.0 Å². The van der Waals surface area contributed by atoms with Crippen LogP contribution < -0.4 is 10.1 Å².